The third-order valence-electron chi connectivity index (χ3n) is 4.51. The molecular weight excluding hydrogens is 388 g/mol. The Bertz CT molecular complexity index is 995. The van der Waals surface area contributed by atoms with Crippen LogP contribution in [0.1, 0.15) is 38.3 Å². The number of fused-ring (bicyclic) bond motifs is 2. The maximum absolute atomic E-state index is 13.1. The molecule has 0 aliphatic carbocycles. The van der Waals surface area contributed by atoms with E-state index in [1.165, 1.54) is 0 Å². The van der Waals surface area contributed by atoms with Gasteiger partial charge in [-0.15, -0.1) is 0 Å². The summed E-state index contributed by atoms with van der Waals surface area (Å²) in [5.41, 5.74) is 6.21. The summed E-state index contributed by atoms with van der Waals surface area (Å²) in [6, 6.07) is 10.9. The van der Waals surface area contributed by atoms with Crippen molar-refractivity contribution in [1.82, 2.24) is 0 Å². The summed E-state index contributed by atoms with van der Waals surface area (Å²) >= 11 is 0. The number of carboxylic acids is 1. The first-order valence-corrected chi connectivity index (χ1v) is 9.48. The predicted molar refractivity (Wildman–Crippen MR) is 110 cm³/mol. The van der Waals surface area contributed by atoms with Gasteiger partial charge >= 0.3 is 12.1 Å². The van der Waals surface area contributed by atoms with Crippen molar-refractivity contribution in [3.8, 4) is 11.5 Å². The second kappa shape index (κ2) is 8.06. The number of rotatable bonds is 5. The van der Waals surface area contributed by atoms with E-state index in [9.17, 15) is 19.5 Å². The van der Waals surface area contributed by atoms with Crippen LogP contribution in [0.25, 0.3) is 0 Å². The lowest BCUT2D eigenvalue weighted by Crippen LogP contribution is -2.49. The van der Waals surface area contributed by atoms with Gasteiger partial charge in [0, 0.05) is 12.0 Å². The molecule has 0 aromatic heterocycles. The van der Waals surface area contributed by atoms with Crippen molar-refractivity contribution in [3.63, 3.8) is 0 Å². The van der Waals surface area contributed by atoms with Gasteiger partial charge in [-0.25, -0.2) is 9.59 Å². The lowest BCUT2D eigenvalue weighted by molar-refractivity contribution is -0.140. The highest BCUT2D eigenvalue weighted by Gasteiger charge is 2.37. The summed E-state index contributed by atoms with van der Waals surface area (Å²) < 4.78 is 11.4. The maximum Gasteiger partial charge on any atom is 0.415 e. The number of primary amides is 1. The Hall–Kier alpha value is -3.55. The lowest BCUT2D eigenvalue weighted by atomic mass is 9.97. The van der Waals surface area contributed by atoms with Gasteiger partial charge < -0.3 is 20.3 Å². The number of benzene rings is 2. The van der Waals surface area contributed by atoms with Gasteiger partial charge in [-0.05, 0) is 44.5 Å². The number of carboxylic acid groups (broad SMARTS) is 1. The highest BCUT2D eigenvalue weighted by molar-refractivity contribution is 5.98. The minimum atomic E-state index is -1.53. The van der Waals surface area contributed by atoms with E-state index in [1.807, 2.05) is 24.3 Å². The predicted octanol–water partition coefficient (Wildman–Crippen LogP) is 3.45. The number of para-hydroxylation sites is 1. The molecule has 30 heavy (non-hydrogen) atoms. The van der Waals surface area contributed by atoms with Gasteiger partial charge in [0.05, 0.1) is 12.1 Å². The first kappa shape index (κ1) is 21.2. The summed E-state index contributed by atoms with van der Waals surface area (Å²) in [5, 5.41) is 9.77. The van der Waals surface area contributed by atoms with Gasteiger partial charge in [-0.2, -0.15) is 0 Å². The fourth-order valence-corrected chi connectivity index (χ4v) is 3.30. The summed E-state index contributed by atoms with van der Waals surface area (Å²) in [6.45, 7) is 5.02. The van der Waals surface area contributed by atoms with Crippen LogP contribution in [0.5, 0.6) is 11.5 Å². The van der Waals surface area contributed by atoms with E-state index in [0.29, 0.717) is 29.2 Å². The van der Waals surface area contributed by atoms with Crippen molar-refractivity contribution < 1.29 is 29.0 Å². The van der Waals surface area contributed by atoms with Crippen LogP contribution < -0.4 is 15.4 Å². The first-order valence-electron chi connectivity index (χ1n) is 9.48. The largest absolute Gasteiger partial charge is 0.480 e. The maximum atomic E-state index is 13.1. The molecule has 0 radical (unpaired) electrons. The van der Waals surface area contributed by atoms with E-state index in [0.717, 1.165) is 10.5 Å². The smallest absolute Gasteiger partial charge is 0.415 e. The molecule has 0 fully saturated rings. The molecule has 1 atom stereocenters. The number of ether oxygens (including phenoxy) is 2. The van der Waals surface area contributed by atoms with Crippen LogP contribution in [0, 0.1) is 0 Å². The lowest BCUT2D eigenvalue weighted by Gasteiger charge is -2.33. The Kier molecular flexibility index (Phi) is 5.69. The molecule has 2 aromatic rings. The Morgan fingerprint density at radius 2 is 1.80 bits per heavy atom. The molecule has 1 aliphatic heterocycles. The normalized spacial score (nSPS) is 13.3. The molecule has 0 unspecified atom stereocenters. The molecule has 0 saturated heterocycles. The van der Waals surface area contributed by atoms with E-state index in [4.69, 9.17) is 15.2 Å². The van der Waals surface area contributed by atoms with E-state index in [2.05, 4.69) is 0 Å². The van der Waals surface area contributed by atoms with E-state index < -0.39 is 36.0 Å². The van der Waals surface area contributed by atoms with Crippen LogP contribution in [-0.4, -0.2) is 34.7 Å². The quantitative estimate of drug-likeness (QED) is 0.662. The molecule has 2 amide bonds. The van der Waals surface area contributed by atoms with Crippen molar-refractivity contribution >= 4 is 23.7 Å². The number of hydrogen-bond acceptors (Lipinski definition) is 5. The van der Waals surface area contributed by atoms with Gasteiger partial charge in [0.1, 0.15) is 23.1 Å². The minimum absolute atomic E-state index is 0.296. The fraction of sp³-hybridized carbons (Fsp3) is 0.318. The average molecular weight is 412 g/mol. The molecule has 3 N–H and O–H groups in total. The molecule has 0 saturated carbocycles. The molecule has 2 aromatic carbocycles. The molecule has 8 heteroatoms. The first-order chi connectivity index (χ1) is 14.1. The molecule has 0 bridgehead atoms. The van der Waals surface area contributed by atoms with Gasteiger partial charge in [-0.3, -0.25) is 9.69 Å². The molecule has 1 heterocycles. The Labute approximate surface area is 174 Å². The SMILES string of the molecule is CC(C)(C)OC(=O)N(c1cccc2c1Cc1ccccc1O2)[C@@H](CC(N)=O)C(=O)O. The Morgan fingerprint density at radius 1 is 1.13 bits per heavy atom. The number of anilines is 1. The zero-order valence-electron chi connectivity index (χ0n) is 17.0. The highest BCUT2D eigenvalue weighted by atomic mass is 16.6. The number of carbonyl (C=O) groups is 3. The Balaban J connectivity index is 2.12. The van der Waals surface area contributed by atoms with Gasteiger partial charge in [0.15, 0.2) is 0 Å². The van der Waals surface area contributed by atoms with Crippen molar-refractivity contribution in [1.29, 1.82) is 0 Å². The van der Waals surface area contributed by atoms with Crippen molar-refractivity contribution in [2.24, 2.45) is 5.73 Å². The Morgan fingerprint density at radius 3 is 2.43 bits per heavy atom. The van der Waals surface area contributed by atoms with Crippen LogP contribution in [0.2, 0.25) is 0 Å². The van der Waals surface area contributed by atoms with Crippen LogP contribution in [-0.2, 0) is 20.7 Å². The minimum Gasteiger partial charge on any atom is -0.480 e. The van der Waals surface area contributed by atoms with Crippen LogP contribution in [0.15, 0.2) is 42.5 Å². The molecule has 158 valence electrons. The fourth-order valence-electron chi connectivity index (χ4n) is 3.30. The van der Waals surface area contributed by atoms with Crippen molar-refractivity contribution in [2.45, 2.75) is 45.3 Å². The summed E-state index contributed by atoms with van der Waals surface area (Å²) in [7, 11) is 0. The van der Waals surface area contributed by atoms with Crippen LogP contribution in [0.4, 0.5) is 10.5 Å². The van der Waals surface area contributed by atoms with Crippen molar-refractivity contribution in [3.05, 3.63) is 53.6 Å². The van der Waals surface area contributed by atoms with Crippen LogP contribution in [0.3, 0.4) is 0 Å². The highest BCUT2D eigenvalue weighted by Crippen LogP contribution is 2.41. The van der Waals surface area contributed by atoms with E-state index in [1.54, 1.807) is 39.0 Å². The zero-order chi connectivity index (χ0) is 22.1. The molecule has 8 nitrogen and oxygen atoms in total. The van der Waals surface area contributed by atoms with E-state index in [-0.39, 0.29) is 0 Å². The summed E-state index contributed by atoms with van der Waals surface area (Å²) in [4.78, 5) is 37.6. The number of amides is 2. The third kappa shape index (κ3) is 4.53. The second-order valence-corrected chi connectivity index (χ2v) is 8.02. The second-order valence-electron chi connectivity index (χ2n) is 8.02. The van der Waals surface area contributed by atoms with Crippen molar-refractivity contribution in [2.75, 3.05) is 4.90 Å². The van der Waals surface area contributed by atoms with Gasteiger partial charge in [0.2, 0.25) is 5.91 Å². The standard InChI is InChI=1S/C22H24N2O6/c1-22(2,3)30-21(28)24(16(20(26)27)12-19(23)25)15-8-6-10-18-14(15)11-13-7-4-5-9-17(13)29-18/h4-10,16H,11-12H2,1-3H3,(H2,23,25)(H,26,27)/t16-/m0/s1. The summed E-state index contributed by atoms with van der Waals surface area (Å²) in [5.74, 6) is -1.02. The molecular formula is C22H24N2O6. The molecule has 1 aliphatic rings. The van der Waals surface area contributed by atoms with Gasteiger partial charge in [0.25, 0.3) is 0 Å². The molecule has 3 rings (SSSR count). The number of nitrogens with zero attached hydrogens (tertiary/aromatic N) is 1. The third-order valence-corrected chi connectivity index (χ3v) is 4.51. The summed E-state index contributed by atoms with van der Waals surface area (Å²) in [6.07, 6.45) is -1.03. The zero-order valence-corrected chi connectivity index (χ0v) is 17.0. The topological polar surface area (TPSA) is 119 Å². The number of nitrogens with two attached hydrogens (primary N) is 1. The van der Waals surface area contributed by atoms with Crippen LogP contribution >= 0.6 is 0 Å². The number of aliphatic carboxylic acids is 1. The number of hydrogen-bond donors (Lipinski definition) is 2. The number of carbonyl (C=O) groups excluding carboxylic acids is 2. The van der Waals surface area contributed by atoms with Gasteiger partial charge in [-0.1, -0.05) is 24.3 Å². The molecule has 0 spiro atoms. The van der Waals surface area contributed by atoms with E-state index >= 15 is 0 Å². The monoisotopic (exact) mass is 412 g/mol. The average Bonchev–Trinajstić information content (AvgIpc) is 2.64.